The Morgan fingerprint density at radius 2 is 1.97 bits per heavy atom. The number of nitrogens with one attached hydrogen (secondary N) is 2. The SMILES string of the molecule is O=c1c2c(c3cc(Nc4nc(Cl)ncc4Cl)c(F)cc3n1C1CC1)N[C@@H](C1CC1)C(F)(F)CO2. The number of hydrogen-bond acceptors (Lipinski definition) is 6. The minimum absolute atomic E-state index is 0.0202. The molecule has 12 heteroatoms. The Bertz CT molecular complexity index is 1390. The number of halogens is 5. The lowest BCUT2D eigenvalue weighted by Crippen LogP contribution is -2.44. The van der Waals surface area contributed by atoms with Crippen LogP contribution in [0.25, 0.3) is 10.9 Å². The molecular formula is C22H18Cl2F3N5O2. The number of pyridine rings is 1. The normalized spacial score (nSPS) is 21.4. The van der Waals surface area contributed by atoms with Crippen LogP contribution in [0.5, 0.6) is 5.75 Å². The molecule has 2 aliphatic carbocycles. The second kappa shape index (κ2) is 7.64. The second-order valence-electron chi connectivity index (χ2n) is 8.93. The van der Waals surface area contributed by atoms with Gasteiger partial charge >= 0.3 is 5.92 Å². The highest BCUT2D eigenvalue weighted by molar-refractivity contribution is 6.33. The van der Waals surface area contributed by atoms with Crippen molar-refractivity contribution in [2.24, 2.45) is 5.92 Å². The maximum Gasteiger partial charge on any atom is 0.301 e. The number of hydrogen-bond donors (Lipinski definition) is 2. The van der Waals surface area contributed by atoms with Gasteiger partial charge in [-0.2, -0.15) is 4.98 Å². The molecule has 6 rings (SSSR count). The third-order valence-electron chi connectivity index (χ3n) is 6.39. The highest BCUT2D eigenvalue weighted by atomic mass is 35.5. The number of fused-ring (bicyclic) bond motifs is 3. The summed E-state index contributed by atoms with van der Waals surface area (Å²) in [6, 6.07) is 1.33. The van der Waals surface area contributed by atoms with Crippen molar-refractivity contribution >= 4 is 51.3 Å². The summed E-state index contributed by atoms with van der Waals surface area (Å²) in [7, 11) is 0. The van der Waals surface area contributed by atoms with Crippen molar-refractivity contribution < 1.29 is 17.9 Å². The van der Waals surface area contributed by atoms with Crippen LogP contribution in [0.15, 0.2) is 23.1 Å². The average molecular weight is 512 g/mol. The second-order valence-corrected chi connectivity index (χ2v) is 9.67. The molecule has 0 radical (unpaired) electrons. The van der Waals surface area contributed by atoms with Gasteiger partial charge in [-0.15, -0.1) is 0 Å². The van der Waals surface area contributed by atoms with Gasteiger partial charge in [0.05, 0.1) is 29.1 Å². The number of nitrogens with zero attached hydrogens (tertiary/aromatic N) is 3. The molecule has 2 aromatic heterocycles. The molecule has 1 aliphatic heterocycles. The lowest BCUT2D eigenvalue weighted by molar-refractivity contribution is -0.0579. The molecule has 0 amide bonds. The zero-order valence-corrected chi connectivity index (χ0v) is 19.1. The van der Waals surface area contributed by atoms with Crippen LogP contribution in [0.1, 0.15) is 31.7 Å². The molecule has 34 heavy (non-hydrogen) atoms. The van der Waals surface area contributed by atoms with Gasteiger partial charge in [0.25, 0.3) is 5.56 Å². The van der Waals surface area contributed by atoms with E-state index < -0.39 is 29.9 Å². The van der Waals surface area contributed by atoms with Gasteiger partial charge in [0, 0.05) is 17.5 Å². The molecule has 3 aliphatic rings. The topological polar surface area (TPSA) is 81.1 Å². The molecule has 0 spiro atoms. The highest BCUT2D eigenvalue weighted by Gasteiger charge is 2.51. The Morgan fingerprint density at radius 3 is 2.68 bits per heavy atom. The van der Waals surface area contributed by atoms with E-state index in [1.165, 1.54) is 22.9 Å². The summed E-state index contributed by atoms with van der Waals surface area (Å²) in [6.45, 7) is -0.902. The first-order chi connectivity index (χ1) is 16.2. The van der Waals surface area contributed by atoms with E-state index in [0.717, 1.165) is 12.8 Å². The average Bonchev–Trinajstić information content (AvgIpc) is 3.66. The van der Waals surface area contributed by atoms with Gasteiger partial charge in [0.2, 0.25) is 11.0 Å². The number of anilines is 3. The standard InChI is InChI=1S/C22H18Cl2F3N5O2/c23-12-7-28-21(24)31-19(12)29-14-5-11-15(6-13(14)25)32(10-3-4-10)20(33)17-16(11)30-18(9-1-2-9)22(26,27)8-34-17/h5-7,9-10,18,30H,1-4,8H2,(H,28,29,31)/t18-/m0/s1. The monoisotopic (exact) mass is 511 g/mol. The molecule has 0 saturated heterocycles. The van der Waals surface area contributed by atoms with E-state index in [1.54, 1.807) is 0 Å². The summed E-state index contributed by atoms with van der Waals surface area (Å²) in [5.41, 5.74) is -0.124. The van der Waals surface area contributed by atoms with Crippen LogP contribution in [0.4, 0.5) is 30.4 Å². The first-order valence-corrected chi connectivity index (χ1v) is 11.6. The summed E-state index contributed by atoms with van der Waals surface area (Å²) in [6.07, 6.45) is 4.06. The first kappa shape index (κ1) is 21.8. The summed E-state index contributed by atoms with van der Waals surface area (Å²) < 4.78 is 51.9. The Balaban J connectivity index is 1.56. The van der Waals surface area contributed by atoms with Gasteiger partial charge < -0.3 is 19.9 Å². The number of benzene rings is 1. The molecule has 0 bridgehead atoms. The molecule has 2 N–H and O–H groups in total. The Hall–Kier alpha value is -2.72. The van der Waals surface area contributed by atoms with Crippen molar-refractivity contribution in [2.75, 3.05) is 17.2 Å². The van der Waals surface area contributed by atoms with Crippen LogP contribution < -0.4 is 20.9 Å². The lowest BCUT2D eigenvalue weighted by atomic mass is 10.0. The van der Waals surface area contributed by atoms with Gasteiger partial charge in [0.1, 0.15) is 10.8 Å². The minimum Gasteiger partial charge on any atom is -0.480 e. The fourth-order valence-corrected chi connectivity index (χ4v) is 4.72. The van der Waals surface area contributed by atoms with E-state index >= 15 is 4.39 Å². The molecule has 3 heterocycles. The van der Waals surface area contributed by atoms with E-state index in [1.807, 2.05) is 0 Å². The summed E-state index contributed by atoms with van der Waals surface area (Å²) in [5.74, 6) is -4.18. The largest absolute Gasteiger partial charge is 0.480 e. The third kappa shape index (κ3) is 3.63. The minimum atomic E-state index is -3.17. The van der Waals surface area contributed by atoms with Crippen LogP contribution in [-0.2, 0) is 0 Å². The molecule has 178 valence electrons. The van der Waals surface area contributed by atoms with Gasteiger partial charge in [0.15, 0.2) is 12.4 Å². The van der Waals surface area contributed by atoms with Gasteiger partial charge in [-0.25, -0.2) is 18.2 Å². The van der Waals surface area contributed by atoms with E-state index in [-0.39, 0.29) is 45.2 Å². The van der Waals surface area contributed by atoms with Crippen LogP contribution >= 0.6 is 23.2 Å². The molecular weight excluding hydrogens is 494 g/mol. The maximum absolute atomic E-state index is 15.2. The van der Waals surface area contributed by atoms with E-state index in [9.17, 15) is 13.6 Å². The van der Waals surface area contributed by atoms with Crippen LogP contribution in [0.2, 0.25) is 10.3 Å². The van der Waals surface area contributed by atoms with Crippen LogP contribution in [0.3, 0.4) is 0 Å². The van der Waals surface area contributed by atoms with Crippen molar-refractivity contribution in [3.05, 3.63) is 44.8 Å². The van der Waals surface area contributed by atoms with E-state index in [2.05, 4.69) is 20.6 Å². The molecule has 0 unspecified atom stereocenters. The van der Waals surface area contributed by atoms with E-state index in [0.29, 0.717) is 23.7 Å². The van der Waals surface area contributed by atoms with E-state index in [4.69, 9.17) is 27.9 Å². The third-order valence-corrected chi connectivity index (χ3v) is 6.85. The maximum atomic E-state index is 15.2. The fourth-order valence-electron chi connectivity index (χ4n) is 4.45. The molecule has 2 fully saturated rings. The van der Waals surface area contributed by atoms with Crippen molar-refractivity contribution in [1.82, 2.24) is 14.5 Å². The number of rotatable bonds is 4. The van der Waals surface area contributed by atoms with Crippen LogP contribution in [-0.4, -0.2) is 33.1 Å². The van der Waals surface area contributed by atoms with Crippen molar-refractivity contribution in [3.63, 3.8) is 0 Å². The lowest BCUT2D eigenvalue weighted by Gasteiger charge is -2.25. The molecule has 3 aromatic rings. The summed E-state index contributed by atoms with van der Waals surface area (Å²) >= 11 is 12.0. The summed E-state index contributed by atoms with van der Waals surface area (Å²) in [4.78, 5) is 21.0. The number of ether oxygens (including phenoxy) is 1. The van der Waals surface area contributed by atoms with Crippen molar-refractivity contribution in [1.29, 1.82) is 0 Å². The quantitative estimate of drug-likeness (QED) is 0.448. The Morgan fingerprint density at radius 1 is 1.21 bits per heavy atom. The van der Waals surface area contributed by atoms with Crippen LogP contribution in [0, 0.1) is 11.7 Å². The Labute approximate surface area is 201 Å². The van der Waals surface area contributed by atoms with Gasteiger partial charge in [-0.3, -0.25) is 4.79 Å². The Kier molecular flexibility index (Phi) is 4.90. The molecule has 7 nitrogen and oxygen atoms in total. The number of aromatic nitrogens is 3. The van der Waals surface area contributed by atoms with Gasteiger partial charge in [-0.1, -0.05) is 11.6 Å². The predicted molar refractivity (Wildman–Crippen MR) is 122 cm³/mol. The predicted octanol–water partition coefficient (Wildman–Crippen LogP) is 5.53. The molecule has 2 saturated carbocycles. The first-order valence-electron chi connectivity index (χ1n) is 10.9. The number of alkyl halides is 2. The molecule has 1 aromatic carbocycles. The summed E-state index contributed by atoms with van der Waals surface area (Å²) in [5, 5.41) is 6.10. The molecule has 1 atom stereocenters. The fraction of sp³-hybridized carbons (Fsp3) is 0.409. The highest BCUT2D eigenvalue weighted by Crippen LogP contribution is 2.47. The smallest absolute Gasteiger partial charge is 0.301 e. The van der Waals surface area contributed by atoms with Gasteiger partial charge in [-0.05, 0) is 49.3 Å². The van der Waals surface area contributed by atoms with Crippen molar-refractivity contribution in [2.45, 2.75) is 43.7 Å². The zero-order valence-electron chi connectivity index (χ0n) is 17.5. The van der Waals surface area contributed by atoms with Crippen molar-refractivity contribution in [3.8, 4) is 5.75 Å². The zero-order chi connectivity index (χ0) is 23.8.